The van der Waals surface area contributed by atoms with Gasteiger partial charge in [0, 0.05) is 16.3 Å². The van der Waals surface area contributed by atoms with Gasteiger partial charge in [0.15, 0.2) is 10.9 Å². The van der Waals surface area contributed by atoms with Crippen LogP contribution in [-0.4, -0.2) is 10.9 Å². The van der Waals surface area contributed by atoms with Gasteiger partial charge < -0.3 is 15.4 Å². The van der Waals surface area contributed by atoms with Gasteiger partial charge in [-0.05, 0) is 61.5 Å². The average Bonchev–Trinajstić information content (AvgIpc) is 2.59. The van der Waals surface area contributed by atoms with E-state index in [4.69, 9.17) is 28.6 Å². The molecule has 3 rings (SSSR count). The minimum atomic E-state index is -0.261. The lowest BCUT2D eigenvalue weighted by Crippen LogP contribution is -2.44. The van der Waals surface area contributed by atoms with E-state index < -0.39 is 0 Å². The highest BCUT2D eigenvalue weighted by atomic mass is 35.5. The molecule has 6 heteroatoms. The number of carbonyl (C=O) groups excluding carboxylic acids is 1. The molecular weight excluding hydrogens is 368 g/mol. The third-order valence-electron chi connectivity index (χ3n) is 4.16. The second-order valence-corrected chi connectivity index (χ2v) is 6.96. The maximum Gasteiger partial charge on any atom is 0.171 e. The predicted octanol–water partition coefficient (Wildman–Crippen LogP) is 4.30. The van der Waals surface area contributed by atoms with Crippen molar-refractivity contribution in [3.63, 3.8) is 0 Å². The van der Waals surface area contributed by atoms with Crippen LogP contribution in [0.2, 0.25) is 5.02 Å². The van der Waals surface area contributed by atoms with Crippen LogP contribution in [0.1, 0.15) is 31.0 Å². The van der Waals surface area contributed by atoms with Crippen molar-refractivity contribution < 1.29 is 9.53 Å². The zero-order valence-electron chi connectivity index (χ0n) is 14.5. The number of allylic oxidation sites excluding steroid dienone is 1. The van der Waals surface area contributed by atoms with Gasteiger partial charge in [0.25, 0.3) is 0 Å². The summed E-state index contributed by atoms with van der Waals surface area (Å²) in [7, 11) is 0. The Kier molecular flexibility index (Phi) is 5.59. The van der Waals surface area contributed by atoms with Crippen LogP contribution in [0.3, 0.4) is 0 Å². The Morgan fingerprint density at radius 1 is 1.23 bits per heavy atom. The molecule has 2 aromatic carbocycles. The van der Waals surface area contributed by atoms with E-state index >= 15 is 0 Å². The highest BCUT2D eigenvalue weighted by molar-refractivity contribution is 7.80. The number of halogens is 1. The van der Waals surface area contributed by atoms with E-state index in [9.17, 15) is 4.79 Å². The first-order valence-electron chi connectivity index (χ1n) is 8.20. The summed E-state index contributed by atoms with van der Waals surface area (Å²) in [6, 6.07) is 15.0. The standard InChI is InChI=1S/C20H19ClN2O2S/c1-12-18(13(2)24)19(23-20(26)22-12)15-6-8-17(9-7-15)25-11-14-4-3-5-16(21)10-14/h3-10,19H,11H2,1-2H3,(H2,22,23,26). The van der Waals surface area contributed by atoms with Crippen LogP contribution >= 0.6 is 23.8 Å². The van der Waals surface area contributed by atoms with Crippen molar-refractivity contribution in [2.24, 2.45) is 0 Å². The Morgan fingerprint density at radius 3 is 2.62 bits per heavy atom. The second-order valence-electron chi connectivity index (χ2n) is 6.11. The number of thiocarbonyl (C=S) groups is 1. The lowest BCUT2D eigenvalue weighted by molar-refractivity contribution is -0.114. The molecule has 2 N–H and O–H groups in total. The summed E-state index contributed by atoms with van der Waals surface area (Å²) in [6.45, 7) is 3.86. The number of rotatable bonds is 5. The number of nitrogens with one attached hydrogen (secondary N) is 2. The molecule has 0 fully saturated rings. The summed E-state index contributed by atoms with van der Waals surface area (Å²) in [4.78, 5) is 12.0. The predicted molar refractivity (Wildman–Crippen MR) is 107 cm³/mol. The van der Waals surface area contributed by atoms with E-state index in [-0.39, 0.29) is 11.8 Å². The molecule has 2 aromatic rings. The first-order chi connectivity index (χ1) is 12.4. The molecule has 1 atom stereocenters. The number of benzene rings is 2. The number of Topliss-reactive ketones (excluding diaryl/α,β-unsaturated/α-hetero) is 1. The fourth-order valence-corrected chi connectivity index (χ4v) is 3.44. The van der Waals surface area contributed by atoms with Crippen LogP contribution in [0, 0.1) is 0 Å². The molecule has 0 aromatic heterocycles. The first kappa shape index (κ1) is 18.4. The number of ether oxygens (including phenoxy) is 1. The Labute approximate surface area is 163 Å². The molecule has 0 saturated heterocycles. The van der Waals surface area contributed by atoms with E-state index in [1.54, 1.807) is 6.92 Å². The monoisotopic (exact) mass is 386 g/mol. The molecule has 0 spiro atoms. The highest BCUT2D eigenvalue weighted by Gasteiger charge is 2.27. The van der Waals surface area contributed by atoms with E-state index in [1.165, 1.54) is 0 Å². The topological polar surface area (TPSA) is 50.4 Å². The molecule has 134 valence electrons. The van der Waals surface area contributed by atoms with Gasteiger partial charge in [-0.2, -0.15) is 0 Å². The lowest BCUT2D eigenvalue weighted by Gasteiger charge is -2.29. The maximum atomic E-state index is 12.0. The Balaban J connectivity index is 1.75. The number of hydrogen-bond donors (Lipinski definition) is 2. The largest absolute Gasteiger partial charge is 0.489 e. The van der Waals surface area contributed by atoms with Crippen LogP contribution in [0.4, 0.5) is 0 Å². The van der Waals surface area contributed by atoms with E-state index in [2.05, 4.69) is 10.6 Å². The summed E-state index contributed by atoms with van der Waals surface area (Å²) < 4.78 is 5.81. The Bertz CT molecular complexity index is 878. The first-order valence-corrected chi connectivity index (χ1v) is 8.99. The van der Waals surface area contributed by atoms with Gasteiger partial charge in [-0.3, -0.25) is 4.79 Å². The normalized spacial score (nSPS) is 16.7. The van der Waals surface area contributed by atoms with Gasteiger partial charge in [0.1, 0.15) is 12.4 Å². The molecule has 1 unspecified atom stereocenters. The van der Waals surface area contributed by atoms with Crippen molar-refractivity contribution >= 4 is 34.7 Å². The Hall–Kier alpha value is -2.37. The van der Waals surface area contributed by atoms with Crippen molar-refractivity contribution in [2.75, 3.05) is 0 Å². The summed E-state index contributed by atoms with van der Waals surface area (Å²) in [6.07, 6.45) is 0. The quantitative estimate of drug-likeness (QED) is 0.750. The van der Waals surface area contributed by atoms with Gasteiger partial charge in [-0.15, -0.1) is 0 Å². The zero-order chi connectivity index (χ0) is 18.7. The smallest absolute Gasteiger partial charge is 0.171 e. The SMILES string of the molecule is CC(=O)C1=C(C)NC(=S)NC1c1ccc(OCc2cccc(Cl)c2)cc1. The number of ketones is 1. The van der Waals surface area contributed by atoms with Crippen molar-refractivity contribution in [1.29, 1.82) is 0 Å². The van der Waals surface area contributed by atoms with Crippen LogP contribution in [-0.2, 0) is 11.4 Å². The van der Waals surface area contributed by atoms with Crippen LogP contribution in [0.15, 0.2) is 59.8 Å². The summed E-state index contributed by atoms with van der Waals surface area (Å²) >= 11 is 11.2. The molecule has 1 heterocycles. The van der Waals surface area contributed by atoms with Crippen LogP contribution in [0.5, 0.6) is 5.75 Å². The van der Waals surface area contributed by atoms with E-state index in [0.29, 0.717) is 22.3 Å². The van der Waals surface area contributed by atoms with Crippen molar-refractivity contribution in [1.82, 2.24) is 10.6 Å². The fraction of sp³-hybridized carbons (Fsp3) is 0.200. The van der Waals surface area contributed by atoms with Crippen LogP contribution in [0.25, 0.3) is 0 Å². The fourth-order valence-electron chi connectivity index (χ4n) is 2.96. The lowest BCUT2D eigenvalue weighted by atomic mass is 9.93. The molecule has 0 radical (unpaired) electrons. The molecule has 0 saturated carbocycles. The average molecular weight is 387 g/mol. The maximum absolute atomic E-state index is 12.0. The molecule has 1 aliphatic rings. The van der Waals surface area contributed by atoms with Gasteiger partial charge in [-0.25, -0.2) is 0 Å². The van der Waals surface area contributed by atoms with Gasteiger partial charge >= 0.3 is 0 Å². The zero-order valence-corrected chi connectivity index (χ0v) is 16.1. The summed E-state index contributed by atoms with van der Waals surface area (Å²) in [5, 5.41) is 7.37. The summed E-state index contributed by atoms with van der Waals surface area (Å²) in [5.41, 5.74) is 3.43. The van der Waals surface area contributed by atoms with Crippen molar-refractivity contribution in [3.8, 4) is 5.75 Å². The molecule has 4 nitrogen and oxygen atoms in total. The van der Waals surface area contributed by atoms with Gasteiger partial charge in [0.05, 0.1) is 6.04 Å². The van der Waals surface area contributed by atoms with E-state index in [0.717, 1.165) is 22.6 Å². The van der Waals surface area contributed by atoms with Crippen molar-refractivity contribution in [2.45, 2.75) is 26.5 Å². The van der Waals surface area contributed by atoms with Gasteiger partial charge in [0.2, 0.25) is 0 Å². The van der Waals surface area contributed by atoms with E-state index in [1.807, 2.05) is 55.5 Å². The second kappa shape index (κ2) is 7.89. The third kappa shape index (κ3) is 4.23. The van der Waals surface area contributed by atoms with Crippen LogP contribution < -0.4 is 15.4 Å². The minimum absolute atomic E-state index is 0.0104. The Morgan fingerprint density at radius 2 is 1.96 bits per heavy atom. The minimum Gasteiger partial charge on any atom is -0.489 e. The molecule has 0 aliphatic carbocycles. The molecule has 0 bridgehead atoms. The summed E-state index contributed by atoms with van der Waals surface area (Å²) in [5.74, 6) is 0.756. The molecule has 26 heavy (non-hydrogen) atoms. The molecule has 1 aliphatic heterocycles. The highest BCUT2D eigenvalue weighted by Crippen LogP contribution is 2.28. The van der Waals surface area contributed by atoms with Gasteiger partial charge in [-0.1, -0.05) is 35.9 Å². The molecule has 0 amide bonds. The third-order valence-corrected chi connectivity index (χ3v) is 4.61. The number of carbonyl (C=O) groups is 1. The molecular formula is C20H19ClN2O2S. The van der Waals surface area contributed by atoms with Crippen molar-refractivity contribution in [3.05, 3.63) is 76.0 Å². The number of hydrogen-bond acceptors (Lipinski definition) is 3.